The molecule has 0 heterocycles. The number of hydrogen-bond donors (Lipinski definition) is 2. The van der Waals surface area contributed by atoms with Gasteiger partial charge in [-0.1, -0.05) is 0 Å². The number of carbonyl (C=O) groups excluding carboxylic acids is 1. The largest absolute Gasteiger partial charge is 0.385 e. The molecule has 0 radical (unpaired) electrons. The normalized spacial score (nSPS) is 13.4. The Balaban J connectivity index is 3.85. The monoisotopic (exact) mass is 266 g/mol. The highest BCUT2D eigenvalue weighted by molar-refractivity contribution is 7.92. The Hall–Kier alpha value is -0.660. The van der Waals surface area contributed by atoms with E-state index in [1.54, 1.807) is 14.0 Å². The number of sulfone groups is 1. The van der Waals surface area contributed by atoms with Gasteiger partial charge in [-0.05, 0) is 19.8 Å². The van der Waals surface area contributed by atoms with Crippen LogP contribution in [0.4, 0.5) is 0 Å². The maximum atomic E-state index is 11.5. The fourth-order valence-electron chi connectivity index (χ4n) is 1.13. The summed E-state index contributed by atoms with van der Waals surface area (Å²) in [5.74, 6) is -0.978. The standard InChI is InChI=1S/C10H22N2O4S/c1-9(11)4-7-17(14,15)8-10(13)12-5-3-6-16-2/h9H,3-8,11H2,1-2H3,(H,12,13). The van der Waals surface area contributed by atoms with E-state index in [9.17, 15) is 13.2 Å². The van der Waals surface area contributed by atoms with Gasteiger partial charge in [0.25, 0.3) is 0 Å². The van der Waals surface area contributed by atoms with Crippen molar-refractivity contribution in [2.75, 3.05) is 31.8 Å². The highest BCUT2D eigenvalue weighted by atomic mass is 32.2. The van der Waals surface area contributed by atoms with Crippen LogP contribution in [0.25, 0.3) is 0 Å². The zero-order valence-electron chi connectivity index (χ0n) is 10.4. The number of methoxy groups -OCH3 is 1. The van der Waals surface area contributed by atoms with Gasteiger partial charge in [-0.2, -0.15) is 0 Å². The average Bonchev–Trinajstić information content (AvgIpc) is 2.21. The van der Waals surface area contributed by atoms with Gasteiger partial charge in [-0.3, -0.25) is 4.79 Å². The van der Waals surface area contributed by atoms with Crippen molar-refractivity contribution in [3.63, 3.8) is 0 Å². The maximum Gasteiger partial charge on any atom is 0.235 e. The Labute approximate surface area is 103 Å². The van der Waals surface area contributed by atoms with Crippen molar-refractivity contribution in [2.45, 2.75) is 25.8 Å². The van der Waals surface area contributed by atoms with Crippen molar-refractivity contribution in [3.05, 3.63) is 0 Å². The maximum absolute atomic E-state index is 11.5. The molecule has 0 saturated carbocycles. The lowest BCUT2D eigenvalue weighted by molar-refractivity contribution is -0.118. The molecule has 7 heteroatoms. The van der Waals surface area contributed by atoms with Gasteiger partial charge in [0.15, 0.2) is 9.84 Å². The highest BCUT2D eigenvalue weighted by Crippen LogP contribution is 1.96. The minimum absolute atomic E-state index is 0.0455. The van der Waals surface area contributed by atoms with Gasteiger partial charge in [-0.25, -0.2) is 8.42 Å². The molecule has 3 N–H and O–H groups in total. The van der Waals surface area contributed by atoms with Gasteiger partial charge in [-0.15, -0.1) is 0 Å². The van der Waals surface area contributed by atoms with Crippen LogP contribution in [-0.4, -0.2) is 52.1 Å². The van der Waals surface area contributed by atoms with Crippen LogP contribution in [0.1, 0.15) is 19.8 Å². The number of ether oxygens (including phenoxy) is 1. The van der Waals surface area contributed by atoms with Crippen molar-refractivity contribution in [1.82, 2.24) is 5.32 Å². The van der Waals surface area contributed by atoms with Crippen molar-refractivity contribution in [2.24, 2.45) is 5.73 Å². The minimum atomic E-state index is -3.34. The summed E-state index contributed by atoms with van der Waals surface area (Å²) in [6.45, 7) is 2.70. The molecule has 102 valence electrons. The summed E-state index contributed by atoms with van der Waals surface area (Å²) in [6.07, 6.45) is 1.04. The first-order valence-corrected chi connectivity index (χ1v) is 7.41. The van der Waals surface area contributed by atoms with Crippen LogP contribution in [-0.2, 0) is 19.4 Å². The average molecular weight is 266 g/mol. The van der Waals surface area contributed by atoms with E-state index >= 15 is 0 Å². The molecular formula is C10H22N2O4S. The number of carbonyl (C=O) groups is 1. The van der Waals surface area contributed by atoms with Crippen LogP contribution < -0.4 is 11.1 Å². The zero-order chi connectivity index (χ0) is 13.3. The Kier molecular flexibility index (Phi) is 8.11. The number of rotatable bonds is 9. The Morgan fingerprint density at radius 1 is 1.47 bits per heavy atom. The molecule has 1 atom stereocenters. The molecule has 0 aromatic carbocycles. The first-order chi connectivity index (χ1) is 7.87. The lowest BCUT2D eigenvalue weighted by atomic mass is 10.3. The molecule has 17 heavy (non-hydrogen) atoms. The number of hydrogen-bond acceptors (Lipinski definition) is 5. The minimum Gasteiger partial charge on any atom is -0.385 e. The molecule has 0 aromatic heterocycles. The van der Waals surface area contributed by atoms with Crippen LogP contribution in [0.3, 0.4) is 0 Å². The molecular weight excluding hydrogens is 244 g/mol. The van der Waals surface area contributed by atoms with E-state index in [1.165, 1.54) is 0 Å². The van der Waals surface area contributed by atoms with E-state index in [4.69, 9.17) is 10.5 Å². The smallest absolute Gasteiger partial charge is 0.235 e. The third kappa shape index (κ3) is 10.2. The van der Waals surface area contributed by atoms with Crippen LogP contribution in [0.15, 0.2) is 0 Å². The molecule has 0 spiro atoms. The van der Waals surface area contributed by atoms with Gasteiger partial charge >= 0.3 is 0 Å². The van der Waals surface area contributed by atoms with Crippen molar-refractivity contribution >= 4 is 15.7 Å². The molecule has 0 aromatic rings. The van der Waals surface area contributed by atoms with Crippen molar-refractivity contribution < 1.29 is 17.9 Å². The van der Waals surface area contributed by atoms with Gasteiger partial charge in [0.05, 0.1) is 5.75 Å². The van der Waals surface area contributed by atoms with Crippen LogP contribution in [0.2, 0.25) is 0 Å². The fourth-order valence-corrected chi connectivity index (χ4v) is 2.51. The SMILES string of the molecule is COCCCNC(=O)CS(=O)(=O)CCC(C)N. The van der Waals surface area contributed by atoms with Gasteiger partial charge in [0.2, 0.25) is 5.91 Å². The summed E-state index contributed by atoms with van der Waals surface area (Å²) in [7, 11) is -1.77. The second-order valence-corrected chi connectivity index (χ2v) is 6.24. The molecule has 6 nitrogen and oxygen atoms in total. The topological polar surface area (TPSA) is 98.5 Å². The summed E-state index contributed by atoms with van der Waals surface area (Å²) >= 11 is 0. The first kappa shape index (κ1) is 16.3. The first-order valence-electron chi connectivity index (χ1n) is 5.59. The Bertz CT molecular complexity index is 314. The molecule has 0 saturated heterocycles. The molecule has 0 fully saturated rings. The van der Waals surface area contributed by atoms with Crippen molar-refractivity contribution in [1.29, 1.82) is 0 Å². The molecule has 1 unspecified atom stereocenters. The second kappa shape index (κ2) is 8.43. The Morgan fingerprint density at radius 2 is 2.12 bits per heavy atom. The van der Waals surface area contributed by atoms with E-state index in [1.807, 2.05) is 0 Å². The number of nitrogens with one attached hydrogen (secondary N) is 1. The van der Waals surface area contributed by atoms with E-state index in [0.717, 1.165) is 0 Å². The number of nitrogens with two attached hydrogens (primary N) is 1. The third-order valence-electron chi connectivity index (χ3n) is 2.08. The molecule has 0 aliphatic heterocycles. The summed E-state index contributed by atoms with van der Waals surface area (Å²) in [5.41, 5.74) is 5.47. The summed E-state index contributed by atoms with van der Waals surface area (Å²) in [4.78, 5) is 11.3. The lowest BCUT2D eigenvalue weighted by Gasteiger charge is -2.07. The summed E-state index contributed by atoms with van der Waals surface area (Å²) in [6, 6.07) is -0.172. The predicted molar refractivity (Wildman–Crippen MR) is 66.4 cm³/mol. The lowest BCUT2D eigenvalue weighted by Crippen LogP contribution is -2.33. The Morgan fingerprint density at radius 3 is 2.65 bits per heavy atom. The number of amides is 1. The zero-order valence-corrected chi connectivity index (χ0v) is 11.3. The van der Waals surface area contributed by atoms with E-state index in [-0.39, 0.29) is 11.8 Å². The second-order valence-electron chi connectivity index (χ2n) is 4.05. The summed E-state index contributed by atoms with van der Waals surface area (Å²) in [5, 5.41) is 2.53. The molecule has 0 rings (SSSR count). The molecule has 1 amide bonds. The van der Waals surface area contributed by atoms with E-state index in [0.29, 0.717) is 26.0 Å². The van der Waals surface area contributed by atoms with Crippen LogP contribution >= 0.6 is 0 Å². The molecule has 0 aliphatic rings. The molecule has 0 aliphatic carbocycles. The van der Waals surface area contributed by atoms with Crippen molar-refractivity contribution in [3.8, 4) is 0 Å². The van der Waals surface area contributed by atoms with E-state index in [2.05, 4.69) is 5.32 Å². The summed E-state index contributed by atoms with van der Waals surface area (Å²) < 4.78 is 27.8. The third-order valence-corrected chi connectivity index (χ3v) is 3.64. The van der Waals surface area contributed by atoms with Crippen LogP contribution in [0, 0.1) is 0 Å². The van der Waals surface area contributed by atoms with Crippen LogP contribution in [0.5, 0.6) is 0 Å². The quantitative estimate of drug-likeness (QED) is 0.537. The van der Waals surface area contributed by atoms with Gasteiger partial charge in [0, 0.05) is 26.3 Å². The van der Waals surface area contributed by atoms with Gasteiger partial charge in [0.1, 0.15) is 5.75 Å². The van der Waals surface area contributed by atoms with Gasteiger partial charge < -0.3 is 15.8 Å². The fraction of sp³-hybridized carbons (Fsp3) is 0.900. The predicted octanol–water partition coefficient (Wildman–Crippen LogP) is -0.709. The highest BCUT2D eigenvalue weighted by Gasteiger charge is 2.16. The molecule has 0 bridgehead atoms. The van der Waals surface area contributed by atoms with E-state index < -0.39 is 21.5 Å².